The lowest BCUT2D eigenvalue weighted by Gasteiger charge is -2.26. The lowest BCUT2D eigenvalue weighted by molar-refractivity contribution is 0.335. The van der Waals surface area contributed by atoms with Crippen molar-refractivity contribution >= 4 is 11.6 Å². The van der Waals surface area contributed by atoms with Crippen molar-refractivity contribution < 1.29 is 0 Å². The summed E-state index contributed by atoms with van der Waals surface area (Å²) in [4.78, 5) is 0. The minimum atomic E-state index is 0.432. The number of benzene rings is 1. The van der Waals surface area contributed by atoms with E-state index in [0.717, 1.165) is 23.3 Å². The fourth-order valence-electron chi connectivity index (χ4n) is 3.03. The fourth-order valence-corrected chi connectivity index (χ4v) is 3.23. The number of nitrogens with one attached hydrogen (secondary N) is 1. The minimum Gasteiger partial charge on any atom is -0.307 e. The topological polar surface area (TPSA) is 12.0 Å². The van der Waals surface area contributed by atoms with Crippen LogP contribution < -0.4 is 5.32 Å². The van der Waals surface area contributed by atoms with Gasteiger partial charge in [0.2, 0.25) is 0 Å². The molecule has 0 amide bonds. The van der Waals surface area contributed by atoms with Crippen molar-refractivity contribution in [2.75, 3.05) is 0 Å². The summed E-state index contributed by atoms with van der Waals surface area (Å²) in [5.74, 6) is 1.62. The monoisotopic (exact) mass is 265 g/mol. The molecule has 1 aliphatic rings. The second-order valence-corrected chi connectivity index (χ2v) is 6.14. The van der Waals surface area contributed by atoms with Gasteiger partial charge in [0.25, 0.3) is 0 Å². The number of rotatable bonds is 4. The van der Waals surface area contributed by atoms with E-state index in [0.29, 0.717) is 12.1 Å². The highest BCUT2D eigenvalue weighted by Gasteiger charge is 2.30. The molecule has 4 unspecified atom stereocenters. The van der Waals surface area contributed by atoms with Crippen LogP contribution >= 0.6 is 11.6 Å². The van der Waals surface area contributed by atoms with Crippen LogP contribution in [0, 0.1) is 11.8 Å². The molecule has 18 heavy (non-hydrogen) atoms. The second kappa shape index (κ2) is 6.08. The lowest BCUT2D eigenvalue weighted by Crippen LogP contribution is -2.35. The summed E-state index contributed by atoms with van der Waals surface area (Å²) in [6.07, 6.45) is 3.77. The molecule has 1 N–H and O–H groups in total. The maximum atomic E-state index is 6.09. The third-order valence-corrected chi connectivity index (χ3v) is 4.77. The van der Waals surface area contributed by atoms with Gasteiger partial charge >= 0.3 is 0 Å². The highest BCUT2D eigenvalue weighted by Crippen LogP contribution is 2.33. The van der Waals surface area contributed by atoms with Gasteiger partial charge in [-0.2, -0.15) is 0 Å². The van der Waals surface area contributed by atoms with Gasteiger partial charge in [0, 0.05) is 17.1 Å². The molecule has 0 spiro atoms. The summed E-state index contributed by atoms with van der Waals surface area (Å²) in [5, 5.41) is 4.66. The Morgan fingerprint density at radius 3 is 2.67 bits per heavy atom. The zero-order chi connectivity index (χ0) is 13.1. The van der Waals surface area contributed by atoms with E-state index in [4.69, 9.17) is 11.6 Å². The molecule has 0 saturated heterocycles. The van der Waals surface area contributed by atoms with Gasteiger partial charge < -0.3 is 5.32 Å². The predicted molar refractivity (Wildman–Crippen MR) is 79.0 cm³/mol. The average Bonchev–Trinajstić information content (AvgIpc) is 2.67. The van der Waals surface area contributed by atoms with E-state index in [1.807, 2.05) is 12.1 Å². The molecule has 100 valence electrons. The summed E-state index contributed by atoms with van der Waals surface area (Å²) >= 11 is 6.09. The van der Waals surface area contributed by atoms with Crippen molar-refractivity contribution in [2.24, 2.45) is 11.8 Å². The first-order chi connectivity index (χ1) is 8.61. The highest BCUT2D eigenvalue weighted by molar-refractivity contribution is 6.30. The largest absolute Gasteiger partial charge is 0.307 e. The van der Waals surface area contributed by atoms with Crippen LogP contribution in [-0.4, -0.2) is 6.04 Å². The summed E-state index contributed by atoms with van der Waals surface area (Å²) in [6.45, 7) is 6.98. The Balaban J connectivity index is 2.06. The van der Waals surface area contributed by atoms with E-state index in [2.05, 4.69) is 38.2 Å². The molecule has 1 nitrogen and oxygen atoms in total. The van der Waals surface area contributed by atoms with Crippen LogP contribution in [-0.2, 0) is 0 Å². The SMILES string of the molecule is CCC(NC1CCC(C)C1C)c1cccc(Cl)c1. The lowest BCUT2D eigenvalue weighted by atomic mass is 9.96. The maximum Gasteiger partial charge on any atom is 0.0409 e. The zero-order valence-corrected chi connectivity index (χ0v) is 12.4. The van der Waals surface area contributed by atoms with Crippen molar-refractivity contribution in [3.05, 3.63) is 34.9 Å². The summed E-state index contributed by atoms with van der Waals surface area (Å²) in [7, 11) is 0. The third-order valence-electron chi connectivity index (χ3n) is 4.54. The molecule has 1 saturated carbocycles. The van der Waals surface area contributed by atoms with Crippen molar-refractivity contribution in [3.63, 3.8) is 0 Å². The van der Waals surface area contributed by atoms with E-state index in [1.165, 1.54) is 18.4 Å². The number of hydrogen-bond acceptors (Lipinski definition) is 1. The Hall–Kier alpha value is -0.530. The molecule has 0 aliphatic heterocycles. The van der Waals surface area contributed by atoms with Crippen LogP contribution in [0.3, 0.4) is 0 Å². The van der Waals surface area contributed by atoms with Crippen LogP contribution in [0.2, 0.25) is 5.02 Å². The fraction of sp³-hybridized carbons (Fsp3) is 0.625. The Bertz CT molecular complexity index is 390. The molecule has 4 atom stereocenters. The van der Waals surface area contributed by atoms with Gasteiger partial charge in [-0.25, -0.2) is 0 Å². The molecular weight excluding hydrogens is 242 g/mol. The zero-order valence-electron chi connectivity index (χ0n) is 11.6. The molecule has 0 aromatic heterocycles. The highest BCUT2D eigenvalue weighted by atomic mass is 35.5. The van der Waals surface area contributed by atoms with Crippen molar-refractivity contribution in [1.82, 2.24) is 5.32 Å². The molecule has 2 rings (SSSR count). The van der Waals surface area contributed by atoms with E-state index >= 15 is 0 Å². The number of halogens is 1. The predicted octanol–water partition coefficient (Wildman–Crippen LogP) is 4.82. The van der Waals surface area contributed by atoms with Gasteiger partial charge in [0.15, 0.2) is 0 Å². The van der Waals surface area contributed by atoms with Crippen LogP contribution in [0.1, 0.15) is 51.6 Å². The van der Waals surface area contributed by atoms with Crippen molar-refractivity contribution in [1.29, 1.82) is 0 Å². The Morgan fingerprint density at radius 2 is 2.11 bits per heavy atom. The summed E-state index contributed by atoms with van der Waals surface area (Å²) < 4.78 is 0. The minimum absolute atomic E-state index is 0.432. The second-order valence-electron chi connectivity index (χ2n) is 5.70. The maximum absolute atomic E-state index is 6.09. The standard InChI is InChI=1S/C16H24ClN/c1-4-15(13-6-5-7-14(17)10-13)18-16-9-8-11(2)12(16)3/h5-7,10-12,15-16,18H,4,8-9H2,1-3H3. The normalized spacial score (nSPS) is 29.4. The van der Waals surface area contributed by atoms with E-state index in [9.17, 15) is 0 Å². The van der Waals surface area contributed by atoms with Gasteiger partial charge in [0.05, 0.1) is 0 Å². The van der Waals surface area contributed by atoms with Crippen molar-refractivity contribution in [2.45, 2.75) is 52.1 Å². The third kappa shape index (κ3) is 3.07. The average molecular weight is 266 g/mol. The van der Waals surface area contributed by atoms with Gasteiger partial charge in [-0.3, -0.25) is 0 Å². The van der Waals surface area contributed by atoms with Crippen LogP contribution in [0.25, 0.3) is 0 Å². The molecule has 1 aromatic carbocycles. The van der Waals surface area contributed by atoms with E-state index in [-0.39, 0.29) is 0 Å². The first-order valence-corrected chi connectivity index (χ1v) is 7.51. The Morgan fingerprint density at radius 1 is 1.33 bits per heavy atom. The molecule has 1 aliphatic carbocycles. The molecule has 0 heterocycles. The molecule has 2 heteroatoms. The first kappa shape index (κ1) is 13.9. The summed E-state index contributed by atoms with van der Waals surface area (Å²) in [5.41, 5.74) is 1.32. The Kier molecular flexibility index (Phi) is 4.69. The quantitative estimate of drug-likeness (QED) is 0.823. The van der Waals surface area contributed by atoms with Gasteiger partial charge in [-0.15, -0.1) is 0 Å². The van der Waals surface area contributed by atoms with Gasteiger partial charge in [-0.05, 0) is 48.8 Å². The van der Waals surface area contributed by atoms with Gasteiger partial charge in [-0.1, -0.05) is 44.5 Å². The molecule has 1 fully saturated rings. The molecular formula is C16H24ClN. The Labute approximate surface area is 116 Å². The van der Waals surface area contributed by atoms with Crippen molar-refractivity contribution in [3.8, 4) is 0 Å². The molecule has 1 aromatic rings. The van der Waals surface area contributed by atoms with Crippen LogP contribution in [0.15, 0.2) is 24.3 Å². The summed E-state index contributed by atoms with van der Waals surface area (Å²) in [6, 6.07) is 9.34. The number of hydrogen-bond donors (Lipinski definition) is 1. The van der Waals surface area contributed by atoms with E-state index in [1.54, 1.807) is 0 Å². The molecule has 0 bridgehead atoms. The van der Waals surface area contributed by atoms with E-state index < -0.39 is 0 Å². The van der Waals surface area contributed by atoms with Crippen LogP contribution in [0.5, 0.6) is 0 Å². The van der Waals surface area contributed by atoms with Crippen LogP contribution in [0.4, 0.5) is 0 Å². The molecule has 0 radical (unpaired) electrons. The smallest absolute Gasteiger partial charge is 0.0409 e. The van der Waals surface area contributed by atoms with Gasteiger partial charge in [0.1, 0.15) is 0 Å². The first-order valence-electron chi connectivity index (χ1n) is 7.13.